The average molecular weight is 244 g/mol. The Balaban J connectivity index is 1.83. The molecule has 0 saturated carbocycles. The van der Waals surface area contributed by atoms with Gasteiger partial charge in [-0.2, -0.15) is 0 Å². The zero-order chi connectivity index (χ0) is 12.4. The second kappa shape index (κ2) is 3.39. The lowest BCUT2D eigenvalue weighted by Crippen LogP contribution is -2.20. The van der Waals surface area contributed by atoms with Crippen LogP contribution in [0.2, 0.25) is 0 Å². The Morgan fingerprint density at radius 2 is 1.37 bits per heavy atom. The van der Waals surface area contributed by atoms with E-state index in [1.807, 2.05) is 0 Å². The van der Waals surface area contributed by atoms with Gasteiger partial charge in [-0.1, -0.05) is 53.6 Å². The number of hydrogen-bond donors (Lipinski definition) is 0. The van der Waals surface area contributed by atoms with Gasteiger partial charge in [-0.3, -0.25) is 0 Å². The minimum Gasteiger partial charge on any atom is -0.0801 e. The van der Waals surface area contributed by atoms with Crippen molar-refractivity contribution in [1.29, 1.82) is 0 Å². The Morgan fingerprint density at radius 3 is 1.95 bits per heavy atom. The molecule has 1 aromatic rings. The van der Waals surface area contributed by atoms with Gasteiger partial charge < -0.3 is 0 Å². The summed E-state index contributed by atoms with van der Waals surface area (Å²) in [6.07, 6.45) is 14.2. The lowest BCUT2D eigenvalue weighted by Gasteiger charge is -2.34. The van der Waals surface area contributed by atoms with Gasteiger partial charge in [-0.05, 0) is 53.5 Å². The van der Waals surface area contributed by atoms with Gasteiger partial charge in [-0.25, -0.2) is 0 Å². The molecule has 0 spiro atoms. The van der Waals surface area contributed by atoms with Gasteiger partial charge in [0.25, 0.3) is 0 Å². The largest absolute Gasteiger partial charge is 0.0801 e. The van der Waals surface area contributed by atoms with Crippen LogP contribution in [0.1, 0.15) is 35.4 Å². The normalized spacial score (nSPS) is 22.9. The summed E-state index contributed by atoms with van der Waals surface area (Å²) in [4.78, 5) is 0. The lowest BCUT2D eigenvalue weighted by molar-refractivity contribution is 0.812. The average Bonchev–Trinajstić information content (AvgIpc) is 3.05. The van der Waals surface area contributed by atoms with Crippen molar-refractivity contribution >= 4 is 0 Å². The first-order valence-electron chi connectivity index (χ1n) is 7.29. The zero-order valence-corrected chi connectivity index (χ0v) is 10.9. The lowest BCUT2D eigenvalue weighted by atomic mass is 9.69. The van der Waals surface area contributed by atoms with E-state index in [0.29, 0.717) is 5.92 Å². The molecule has 0 unspecified atom stereocenters. The highest BCUT2D eigenvalue weighted by Crippen LogP contribution is 2.51. The molecule has 0 saturated heterocycles. The van der Waals surface area contributed by atoms with Crippen molar-refractivity contribution in [2.24, 2.45) is 0 Å². The molecule has 19 heavy (non-hydrogen) atoms. The van der Waals surface area contributed by atoms with E-state index in [-0.39, 0.29) is 0 Å². The molecule has 4 aliphatic carbocycles. The standard InChI is InChI=1S/C19H16/c1-6-14-10-12-4-2-8-16(12)19-17-9-3-5-13(17)11-15(7-1)18(14)19/h1-3,6-9,19H,4-5,10-11H2. The van der Waals surface area contributed by atoms with E-state index in [0.717, 1.165) is 0 Å². The van der Waals surface area contributed by atoms with Gasteiger partial charge in [0.1, 0.15) is 0 Å². The number of fused-ring (bicyclic) bond motifs is 2. The number of allylic oxidation sites excluding steroid dienone is 8. The van der Waals surface area contributed by atoms with Gasteiger partial charge in [0.05, 0.1) is 0 Å². The van der Waals surface area contributed by atoms with E-state index < -0.39 is 0 Å². The molecule has 1 aromatic carbocycles. The van der Waals surface area contributed by atoms with Crippen LogP contribution >= 0.6 is 0 Å². The molecular formula is C19H16. The Bertz CT molecular complexity index is 664. The summed E-state index contributed by atoms with van der Waals surface area (Å²) < 4.78 is 0. The molecule has 0 nitrogen and oxygen atoms in total. The minimum atomic E-state index is 0.552. The maximum atomic E-state index is 2.39. The topological polar surface area (TPSA) is 0 Å². The molecule has 0 bridgehead atoms. The van der Waals surface area contributed by atoms with Crippen LogP contribution in [0.5, 0.6) is 0 Å². The Kier molecular flexibility index (Phi) is 1.79. The molecule has 0 aromatic heterocycles. The number of benzene rings is 1. The fourth-order valence-corrected chi connectivity index (χ4v) is 4.36. The molecule has 0 heteroatoms. The summed E-state index contributed by atoms with van der Waals surface area (Å²) in [5, 5.41) is 0. The Morgan fingerprint density at radius 1 is 0.789 bits per heavy atom. The molecule has 0 fully saturated rings. The van der Waals surface area contributed by atoms with Gasteiger partial charge in [0.2, 0.25) is 0 Å². The monoisotopic (exact) mass is 244 g/mol. The summed E-state index contributed by atoms with van der Waals surface area (Å²) in [6.45, 7) is 0. The third-order valence-corrected chi connectivity index (χ3v) is 5.14. The Labute approximate surface area is 113 Å². The van der Waals surface area contributed by atoms with Crippen LogP contribution in [-0.2, 0) is 12.8 Å². The van der Waals surface area contributed by atoms with E-state index in [1.165, 1.54) is 25.7 Å². The van der Waals surface area contributed by atoms with Crippen molar-refractivity contribution in [2.75, 3.05) is 0 Å². The molecule has 92 valence electrons. The zero-order valence-electron chi connectivity index (χ0n) is 10.9. The molecule has 5 rings (SSSR count). The third kappa shape index (κ3) is 1.19. The van der Waals surface area contributed by atoms with Crippen LogP contribution in [0.25, 0.3) is 0 Å². The van der Waals surface area contributed by atoms with Crippen LogP contribution in [-0.4, -0.2) is 0 Å². The highest BCUT2D eigenvalue weighted by atomic mass is 14.4. The molecular weight excluding hydrogens is 228 g/mol. The quantitative estimate of drug-likeness (QED) is 0.634. The van der Waals surface area contributed by atoms with Crippen LogP contribution in [0.15, 0.2) is 64.8 Å². The second-order valence-corrected chi connectivity index (χ2v) is 6.11. The fourth-order valence-electron chi connectivity index (χ4n) is 4.36. The SMILES string of the molecule is C1=CC2=C(C1)Cc1cccc3c1C2C1=C(CC=C1)C3. The van der Waals surface area contributed by atoms with Crippen molar-refractivity contribution in [2.45, 2.75) is 31.6 Å². The summed E-state index contributed by atoms with van der Waals surface area (Å²) in [5.74, 6) is 0.552. The maximum Gasteiger partial charge on any atom is 0.0345 e. The van der Waals surface area contributed by atoms with Crippen molar-refractivity contribution in [3.05, 3.63) is 81.5 Å². The van der Waals surface area contributed by atoms with E-state index >= 15 is 0 Å². The summed E-state index contributed by atoms with van der Waals surface area (Å²) in [6, 6.07) is 6.95. The van der Waals surface area contributed by atoms with Crippen LogP contribution in [0.4, 0.5) is 0 Å². The van der Waals surface area contributed by atoms with Gasteiger partial charge in [0, 0.05) is 5.92 Å². The highest BCUT2D eigenvalue weighted by Gasteiger charge is 2.36. The number of rotatable bonds is 0. The van der Waals surface area contributed by atoms with Crippen LogP contribution in [0.3, 0.4) is 0 Å². The van der Waals surface area contributed by atoms with Gasteiger partial charge in [0.15, 0.2) is 0 Å². The molecule has 0 aliphatic heterocycles. The molecule has 0 radical (unpaired) electrons. The first kappa shape index (κ1) is 10.0. The minimum absolute atomic E-state index is 0.552. The molecule has 0 N–H and O–H groups in total. The predicted octanol–water partition coefficient (Wildman–Crippen LogP) is 4.40. The number of hydrogen-bond acceptors (Lipinski definition) is 0. The predicted molar refractivity (Wildman–Crippen MR) is 78.2 cm³/mol. The summed E-state index contributed by atoms with van der Waals surface area (Å²) in [5.41, 5.74) is 11.3. The van der Waals surface area contributed by atoms with E-state index in [4.69, 9.17) is 0 Å². The maximum absolute atomic E-state index is 2.39. The summed E-state index contributed by atoms with van der Waals surface area (Å²) >= 11 is 0. The third-order valence-electron chi connectivity index (χ3n) is 5.14. The fraction of sp³-hybridized carbons (Fsp3) is 0.263. The summed E-state index contributed by atoms with van der Waals surface area (Å²) in [7, 11) is 0. The van der Waals surface area contributed by atoms with Crippen LogP contribution < -0.4 is 0 Å². The van der Waals surface area contributed by atoms with Crippen molar-refractivity contribution < 1.29 is 0 Å². The first-order chi connectivity index (χ1) is 9.42. The van der Waals surface area contributed by atoms with E-state index in [1.54, 1.807) is 39.0 Å². The molecule has 0 atom stereocenters. The first-order valence-corrected chi connectivity index (χ1v) is 7.29. The molecule has 0 heterocycles. The second-order valence-electron chi connectivity index (χ2n) is 6.11. The van der Waals surface area contributed by atoms with E-state index in [2.05, 4.69) is 42.5 Å². The molecule has 0 amide bonds. The smallest absolute Gasteiger partial charge is 0.0345 e. The van der Waals surface area contributed by atoms with Crippen molar-refractivity contribution in [1.82, 2.24) is 0 Å². The van der Waals surface area contributed by atoms with Gasteiger partial charge in [-0.15, -0.1) is 0 Å². The van der Waals surface area contributed by atoms with E-state index in [9.17, 15) is 0 Å². The van der Waals surface area contributed by atoms with Crippen molar-refractivity contribution in [3.8, 4) is 0 Å². The highest BCUT2D eigenvalue weighted by molar-refractivity contribution is 5.64. The van der Waals surface area contributed by atoms with Gasteiger partial charge >= 0.3 is 0 Å². The van der Waals surface area contributed by atoms with Crippen molar-refractivity contribution in [3.63, 3.8) is 0 Å². The Hall–Kier alpha value is -1.82. The molecule has 4 aliphatic rings. The van der Waals surface area contributed by atoms with Crippen LogP contribution in [0, 0.1) is 0 Å².